The van der Waals surface area contributed by atoms with Gasteiger partial charge in [0.05, 0.1) is 0 Å². The van der Waals surface area contributed by atoms with Gasteiger partial charge in [0.2, 0.25) is 0 Å². The van der Waals surface area contributed by atoms with Crippen molar-refractivity contribution in [1.29, 1.82) is 0 Å². The van der Waals surface area contributed by atoms with Crippen molar-refractivity contribution in [2.45, 2.75) is 45.4 Å². The zero-order chi connectivity index (χ0) is 20.2. The molecule has 0 saturated heterocycles. The lowest BCUT2D eigenvalue weighted by Crippen LogP contribution is -2.06. The molecule has 4 rings (SSSR count). The van der Waals surface area contributed by atoms with Crippen LogP contribution in [0.2, 0.25) is 0 Å². The molecule has 0 bridgehead atoms. The minimum atomic E-state index is -0.309. The smallest absolute Gasteiger partial charge is 0.134 e. The summed E-state index contributed by atoms with van der Waals surface area (Å²) in [7, 11) is 0. The van der Waals surface area contributed by atoms with E-state index >= 15 is 4.39 Å². The monoisotopic (exact) mass is 388 g/mol. The van der Waals surface area contributed by atoms with Crippen molar-refractivity contribution >= 4 is 5.57 Å². The molecule has 0 unspecified atom stereocenters. The van der Waals surface area contributed by atoms with Gasteiger partial charge in [0.15, 0.2) is 0 Å². The van der Waals surface area contributed by atoms with E-state index in [4.69, 9.17) is 0 Å². The minimum absolute atomic E-state index is 0.185. The van der Waals surface area contributed by atoms with E-state index in [2.05, 4.69) is 37.3 Å². The number of allylic oxidation sites excluding steroid dienone is 2. The standard InChI is InChI=1S/C27H26F2/c1-2-3-4-5-19-6-8-20(9-7-19)22-12-16-26-23(18-22)13-17-25(27(26)29)21-10-14-24(28)15-11-21/h6-15,17H,2-5,16,18H2,1H3. The average Bonchev–Trinajstić information content (AvgIpc) is 2.75. The van der Waals surface area contributed by atoms with E-state index in [-0.39, 0.29) is 11.6 Å². The molecule has 0 heterocycles. The summed E-state index contributed by atoms with van der Waals surface area (Å²) in [5.74, 6) is -0.494. The van der Waals surface area contributed by atoms with Crippen LogP contribution in [0.3, 0.4) is 0 Å². The number of aryl methyl sites for hydroxylation is 1. The number of hydrogen-bond donors (Lipinski definition) is 0. The predicted molar refractivity (Wildman–Crippen MR) is 117 cm³/mol. The highest BCUT2D eigenvalue weighted by molar-refractivity contribution is 5.73. The lowest BCUT2D eigenvalue weighted by Gasteiger charge is -2.20. The molecule has 0 amide bonds. The predicted octanol–water partition coefficient (Wildman–Crippen LogP) is 7.55. The molecule has 148 valence electrons. The summed E-state index contributed by atoms with van der Waals surface area (Å²) >= 11 is 0. The second kappa shape index (κ2) is 8.73. The van der Waals surface area contributed by atoms with Gasteiger partial charge in [0.1, 0.15) is 11.6 Å². The number of rotatable bonds is 6. The van der Waals surface area contributed by atoms with Crippen molar-refractivity contribution in [3.05, 3.63) is 101 Å². The molecule has 0 spiro atoms. The SMILES string of the molecule is CCCCCc1ccc(C2=CCc3c(ccc(-c4ccc(F)cc4)c3F)C2)cc1. The summed E-state index contributed by atoms with van der Waals surface area (Å²) in [6, 6.07) is 18.7. The lowest BCUT2D eigenvalue weighted by atomic mass is 9.85. The van der Waals surface area contributed by atoms with Gasteiger partial charge >= 0.3 is 0 Å². The van der Waals surface area contributed by atoms with Crippen LogP contribution in [-0.2, 0) is 19.3 Å². The number of benzene rings is 3. The van der Waals surface area contributed by atoms with Gasteiger partial charge in [-0.25, -0.2) is 8.78 Å². The van der Waals surface area contributed by atoms with E-state index in [0.717, 1.165) is 24.0 Å². The van der Waals surface area contributed by atoms with Crippen molar-refractivity contribution in [3.8, 4) is 11.1 Å². The normalized spacial score (nSPS) is 13.1. The van der Waals surface area contributed by atoms with Gasteiger partial charge in [-0.1, -0.05) is 74.4 Å². The first kappa shape index (κ1) is 19.6. The molecule has 1 aliphatic carbocycles. The Morgan fingerprint density at radius 3 is 2.24 bits per heavy atom. The summed E-state index contributed by atoms with van der Waals surface area (Å²) in [5, 5.41) is 0. The zero-order valence-electron chi connectivity index (χ0n) is 16.8. The first-order valence-electron chi connectivity index (χ1n) is 10.5. The van der Waals surface area contributed by atoms with Gasteiger partial charge in [-0.05, 0) is 71.2 Å². The molecule has 2 heteroatoms. The van der Waals surface area contributed by atoms with Gasteiger partial charge in [-0.2, -0.15) is 0 Å². The van der Waals surface area contributed by atoms with Crippen LogP contribution in [0.25, 0.3) is 16.7 Å². The van der Waals surface area contributed by atoms with Crippen LogP contribution in [0.4, 0.5) is 8.78 Å². The topological polar surface area (TPSA) is 0 Å². The Labute approximate surface area is 171 Å². The van der Waals surface area contributed by atoms with Crippen LogP contribution in [0.15, 0.2) is 66.7 Å². The summed E-state index contributed by atoms with van der Waals surface area (Å²) in [5.41, 5.74) is 6.90. The maximum Gasteiger partial charge on any atom is 0.134 e. The Bertz CT molecular complexity index is 1010. The second-order valence-electron chi connectivity index (χ2n) is 7.84. The summed E-state index contributed by atoms with van der Waals surface area (Å²) in [6.45, 7) is 2.22. The summed E-state index contributed by atoms with van der Waals surface area (Å²) in [4.78, 5) is 0. The molecular formula is C27H26F2. The second-order valence-corrected chi connectivity index (χ2v) is 7.84. The lowest BCUT2D eigenvalue weighted by molar-refractivity contribution is 0.614. The molecule has 3 aromatic carbocycles. The molecule has 29 heavy (non-hydrogen) atoms. The van der Waals surface area contributed by atoms with Crippen molar-refractivity contribution in [2.75, 3.05) is 0 Å². The van der Waals surface area contributed by atoms with Crippen LogP contribution < -0.4 is 0 Å². The zero-order valence-corrected chi connectivity index (χ0v) is 16.8. The van der Waals surface area contributed by atoms with Crippen LogP contribution in [-0.4, -0.2) is 0 Å². The van der Waals surface area contributed by atoms with Crippen molar-refractivity contribution in [2.24, 2.45) is 0 Å². The third-order valence-corrected chi connectivity index (χ3v) is 5.82. The highest BCUT2D eigenvalue weighted by Gasteiger charge is 2.19. The molecule has 0 radical (unpaired) electrons. The molecule has 3 aromatic rings. The molecule has 0 nitrogen and oxygen atoms in total. The van der Waals surface area contributed by atoms with E-state index < -0.39 is 0 Å². The van der Waals surface area contributed by atoms with E-state index in [0.29, 0.717) is 17.5 Å². The largest absolute Gasteiger partial charge is 0.207 e. The van der Waals surface area contributed by atoms with Gasteiger partial charge in [-0.15, -0.1) is 0 Å². The van der Waals surface area contributed by atoms with Crippen LogP contribution in [0.5, 0.6) is 0 Å². The fourth-order valence-electron chi connectivity index (χ4n) is 4.09. The van der Waals surface area contributed by atoms with Crippen molar-refractivity contribution < 1.29 is 8.78 Å². The Hall–Kier alpha value is -2.74. The molecule has 0 aromatic heterocycles. The Morgan fingerprint density at radius 1 is 0.793 bits per heavy atom. The van der Waals surface area contributed by atoms with E-state index in [9.17, 15) is 4.39 Å². The first-order chi connectivity index (χ1) is 14.2. The molecule has 0 aliphatic heterocycles. The highest BCUT2D eigenvalue weighted by Crippen LogP contribution is 2.34. The quantitative estimate of drug-likeness (QED) is 0.383. The maximum atomic E-state index is 15.1. The molecule has 0 N–H and O–H groups in total. The van der Waals surface area contributed by atoms with E-state index in [1.54, 1.807) is 12.1 Å². The van der Waals surface area contributed by atoms with Gasteiger partial charge in [0.25, 0.3) is 0 Å². The van der Waals surface area contributed by atoms with Gasteiger partial charge in [-0.3, -0.25) is 0 Å². The minimum Gasteiger partial charge on any atom is -0.207 e. The third kappa shape index (κ3) is 4.32. The summed E-state index contributed by atoms with van der Waals surface area (Å²) < 4.78 is 28.3. The number of halogens is 2. The fraction of sp³-hybridized carbons (Fsp3) is 0.259. The van der Waals surface area contributed by atoms with Crippen LogP contribution in [0, 0.1) is 11.6 Å². The highest BCUT2D eigenvalue weighted by atomic mass is 19.1. The Balaban J connectivity index is 1.53. The molecule has 0 saturated carbocycles. The fourth-order valence-corrected chi connectivity index (χ4v) is 4.09. The number of hydrogen-bond acceptors (Lipinski definition) is 0. The maximum absolute atomic E-state index is 15.1. The molecule has 1 aliphatic rings. The molecule has 0 fully saturated rings. The Morgan fingerprint density at radius 2 is 1.52 bits per heavy atom. The molecule has 0 atom stereocenters. The van der Waals surface area contributed by atoms with Crippen molar-refractivity contribution in [3.63, 3.8) is 0 Å². The first-order valence-corrected chi connectivity index (χ1v) is 10.5. The summed E-state index contributed by atoms with van der Waals surface area (Å²) in [6.07, 6.45) is 8.36. The number of unbranched alkanes of at least 4 members (excludes halogenated alkanes) is 2. The van der Waals surface area contributed by atoms with Crippen LogP contribution >= 0.6 is 0 Å². The number of fused-ring (bicyclic) bond motifs is 1. The van der Waals surface area contributed by atoms with Crippen molar-refractivity contribution in [1.82, 2.24) is 0 Å². The van der Waals surface area contributed by atoms with E-state index in [1.165, 1.54) is 48.1 Å². The van der Waals surface area contributed by atoms with E-state index in [1.807, 2.05) is 12.1 Å². The Kier molecular flexibility index (Phi) is 5.89. The average molecular weight is 389 g/mol. The van der Waals surface area contributed by atoms with Gasteiger partial charge in [0, 0.05) is 5.56 Å². The third-order valence-electron chi connectivity index (χ3n) is 5.82. The molecular weight excluding hydrogens is 362 g/mol. The van der Waals surface area contributed by atoms with Crippen LogP contribution in [0.1, 0.15) is 48.4 Å². The van der Waals surface area contributed by atoms with Gasteiger partial charge < -0.3 is 0 Å².